The molecule has 1 fully saturated rings. The van der Waals surface area contributed by atoms with Gasteiger partial charge in [0.2, 0.25) is 0 Å². The van der Waals surface area contributed by atoms with E-state index in [1.54, 1.807) is 4.90 Å². The van der Waals surface area contributed by atoms with Gasteiger partial charge in [0, 0.05) is 19.7 Å². The number of methoxy groups -OCH3 is 1. The Bertz CT molecular complexity index is 521. The lowest BCUT2D eigenvalue weighted by Crippen LogP contribution is -2.44. The van der Waals surface area contributed by atoms with Crippen molar-refractivity contribution in [3.63, 3.8) is 0 Å². The number of likely N-dealkylation sites (tertiary alicyclic amines) is 1. The molecule has 0 N–H and O–H groups in total. The third-order valence-electron chi connectivity index (χ3n) is 5.47. The second kappa shape index (κ2) is 7.88. The van der Waals surface area contributed by atoms with E-state index < -0.39 is 19.3 Å². The molecular weight excluding hydrogens is 350 g/mol. The zero-order valence-electron chi connectivity index (χ0n) is 18.0. The van der Waals surface area contributed by atoms with E-state index in [2.05, 4.69) is 33.9 Å². The summed E-state index contributed by atoms with van der Waals surface area (Å²) >= 11 is 0. The molecule has 1 heterocycles. The summed E-state index contributed by atoms with van der Waals surface area (Å²) < 4.78 is 16.7. The van der Waals surface area contributed by atoms with Crippen molar-refractivity contribution in [3.05, 3.63) is 0 Å². The fraction of sp³-hybridized carbons (Fsp3) is 0.895. The lowest BCUT2D eigenvalue weighted by molar-refractivity contribution is -0.152. The molecule has 0 radical (unpaired) electrons. The number of hydrogen-bond acceptors (Lipinski definition) is 5. The van der Waals surface area contributed by atoms with Crippen LogP contribution in [0.25, 0.3) is 0 Å². The number of carbonyl (C=O) groups excluding carboxylic acids is 2. The number of nitrogens with zero attached hydrogens (tertiary/aromatic N) is 1. The van der Waals surface area contributed by atoms with Gasteiger partial charge in [-0.05, 0) is 51.7 Å². The van der Waals surface area contributed by atoms with Crippen LogP contribution in [0.4, 0.5) is 4.79 Å². The summed E-state index contributed by atoms with van der Waals surface area (Å²) in [6.45, 7) is 17.8. The molecule has 0 aliphatic carbocycles. The molecule has 0 aromatic heterocycles. The van der Waals surface area contributed by atoms with Crippen LogP contribution in [0.5, 0.6) is 0 Å². The highest BCUT2D eigenvalue weighted by atomic mass is 28.4. The highest BCUT2D eigenvalue weighted by Crippen LogP contribution is 2.39. The van der Waals surface area contributed by atoms with Gasteiger partial charge in [0.1, 0.15) is 5.60 Å². The maximum absolute atomic E-state index is 12.5. The summed E-state index contributed by atoms with van der Waals surface area (Å²) in [6, 6.07) is 0. The molecule has 0 spiro atoms. The number of rotatable bonds is 5. The molecule has 1 unspecified atom stereocenters. The maximum atomic E-state index is 12.5. The van der Waals surface area contributed by atoms with Gasteiger partial charge in [-0.2, -0.15) is 0 Å². The van der Waals surface area contributed by atoms with Gasteiger partial charge in [-0.25, -0.2) is 4.79 Å². The van der Waals surface area contributed by atoms with E-state index in [1.165, 1.54) is 7.11 Å². The van der Waals surface area contributed by atoms with Gasteiger partial charge in [-0.15, -0.1) is 0 Å². The molecular formula is C19H37NO5Si. The van der Waals surface area contributed by atoms with Crippen LogP contribution in [0.2, 0.25) is 18.1 Å². The fourth-order valence-electron chi connectivity index (χ4n) is 2.76. The monoisotopic (exact) mass is 387 g/mol. The Kier molecular flexibility index (Phi) is 6.96. The standard InChI is InChI=1S/C19H37NO5Si/c1-17(2,3)25-16(22)20-12-10-19(14-20,15(21)23-7)11-13-24-26(8,9)18(4,5)6/h10-14H2,1-9H3. The highest BCUT2D eigenvalue weighted by molar-refractivity contribution is 6.74. The van der Waals surface area contributed by atoms with Crippen LogP contribution >= 0.6 is 0 Å². The zero-order chi connectivity index (χ0) is 20.4. The number of hydrogen-bond donors (Lipinski definition) is 0. The Morgan fingerprint density at radius 3 is 2.15 bits per heavy atom. The number of ether oxygens (including phenoxy) is 2. The molecule has 1 rings (SSSR count). The molecule has 1 amide bonds. The largest absolute Gasteiger partial charge is 0.469 e. The van der Waals surface area contributed by atoms with Crippen molar-refractivity contribution in [3.8, 4) is 0 Å². The smallest absolute Gasteiger partial charge is 0.410 e. The average Bonchev–Trinajstić information content (AvgIpc) is 2.89. The zero-order valence-corrected chi connectivity index (χ0v) is 19.0. The van der Waals surface area contributed by atoms with E-state index in [-0.39, 0.29) is 17.1 Å². The van der Waals surface area contributed by atoms with E-state index in [0.717, 1.165) is 0 Å². The van der Waals surface area contributed by atoms with Crippen LogP contribution in [0.1, 0.15) is 54.4 Å². The molecule has 0 saturated carbocycles. The van der Waals surface area contributed by atoms with E-state index >= 15 is 0 Å². The van der Waals surface area contributed by atoms with Crippen molar-refractivity contribution in [1.82, 2.24) is 4.90 Å². The first-order chi connectivity index (χ1) is 11.6. The summed E-state index contributed by atoms with van der Waals surface area (Å²) in [5.74, 6) is -0.276. The van der Waals surface area contributed by atoms with Crippen LogP contribution in [0.3, 0.4) is 0 Å². The Labute approximate surface area is 159 Å². The lowest BCUT2D eigenvalue weighted by atomic mass is 9.84. The van der Waals surface area contributed by atoms with Crippen LogP contribution in [0.15, 0.2) is 0 Å². The van der Waals surface area contributed by atoms with Crippen molar-refractivity contribution in [2.75, 3.05) is 26.8 Å². The second-order valence-corrected chi connectivity index (χ2v) is 14.6. The molecule has 7 heteroatoms. The van der Waals surface area contributed by atoms with Crippen molar-refractivity contribution >= 4 is 20.4 Å². The molecule has 1 aliphatic rings. The van der Waals surface area contributed by atoms with Gasteiger partial charge in [0.05, 0.1) is 12.5 Å². The Morgan fingerprint density at radius 2 is 1.69 bits per heavy atom. The maximum Gasteiger partial charge on any atom is 0.410 e. The van der Waals surface area contributed by atoms with Crippen LogP contribution in [0, 0.1) is 5.41 Å². The van der Waals surface area contributed by atoms with E-state index in [1.807, 2.05) is 20.8 Å². The van der Waals surface area contributed by atoms with E-state index in [4.69, 9.17) is 13.9 Å². The van der Waals surface area contributed by atoms with Crippen LogP contribution in [-0.2, 0) is 18.7 Å². The van der Waals surface area contributed by atoms with Crippen LogP contribution in [-0.4, -0.2) is 57.7 Å². The first kappa shape index (κ1) is 23.0. The summed E-state index contributed by atoms with van der Waals surface area (Å²) in [6.07, 6.45) is 0.735. The van der Waals surface area contributed by atoms with Gasteiger partial charge in [-0.3, -0.25) is 4.79 Å². The molecule has 0 bridgehead atoms. The lowest BCUT2D eigenvalue weighted by Gasteiger charge is -2.37. The van der Waals surface area contributed by atoms with Gasteiger partial charge >= 0.3 is 12.1 Å². The minimum absolute atomic E-state index is 0.115. The molecule has 0 aromatic carbocycles. The number of esters is 1. The fourth-order valence-corrected chi connectivity index (χ4v) is 3.81. The van der Waals surface area contributed by atoms with Gasteiger partial charge in [0.25, 0.3) is 0 Å². The summed E-state index contributed by atoms with van der Waals surface area (Å²) in [4.78, 5) is 26.5. The summed E-state index contributed by atoms with van der Waals surface area (Å²) in [7, 11) is -0.485. The Balaban J connectivity index is 2.79. The predicted molar refractivity (Wildman–Crippen MR) is 105 cm³/mol. The van der Waals surface area contributed by atoms with Gasteiger partial charge in [-0.1, -0.05) is 20.8 Å². The van der Waals surface area contributed by atoms with Crippen molar-refractivity contribution in [2.24, 2.45) is 5.41 Å². The number of carbonyl (C=O) groups is 2. The van der Waals surface area contributed by atoms with Crippen molar-refractivity contribution in [2.45, 2.75) is 78.1 Å². The van der Waals surface area contributed by atoms with E-state index in [0.29, 0.717) is 32.5 Å². The summed E-state index contributed by atoms with van der Waals surface area (Å²) in [5, 5.41) is 0.115. The van der Waals surface area contributed by atoms with Crippen LogP contribution < -0.4 is 0 Å². The summed E-state index contributed by atoms with van der Waals surface area (Å²) in [5.41, 5.74) is -1.27. The number of amides is 1. The minimum Gasteiger partial charge on any atom is -0.469 e. The average molecular weight is 388 g/mol. The van der Waals surface area contributed by atoms with Crippen molar-refractivity contribution < 1.29 is 23.5 Å². The molecule has 6 nitrogen and oxygen atoms in total. The highest BCUT2D eigenvalue weighted by Gasteiger charge is 2.48. The van der Waals surface area contributed by atoms with E-state index in [9.17, 15) is 9.59 Å². The SMILES string of the molecule is COC(=O)C1(CCO[Si](C)(C)C(C)(C)C)CCN(C(=O)OC(C)(C)C)C1. The third kappa shape index (κ3) is 5.71. The van der Waals surface area contributed by atoms with Gasteiger partial charge in [0.15, 0.2) is 8.32 Å². The molecule has 1 aliphatic heterocycles. The molecule has 0 aromatic rings. The first-order valence-electron chi connectivity index (χ1n) is 9.34. The third-order valence-corrected chi connectivity index (χ3v) is 10.0. The molecule has 26 heavy (non-hydrogen) atoms. The molecule has 1 atom stereocenters. The Morgan fingerprint density at radius 1 is 1.12 bits per heavy atom. The molecule has 1 saturated heterocycles. The predicted octanol–water partition coefficient (Wildman–Crippen LogP) is 4.20. The molecule has 152 valence electrons. The van der Waals surface area contributed by atoms with Crippen molar-refractivity contribution in [1.29, 1.82) is 0 Å². The minimum atomic E-state index is -1.88. The quantitative estimate of drug-likeness (QED) is 0.522. The topological polar surface area (TPSA) is 65.1 Å². The first-order valence-corrected chi connectivity index (χ1v) is 12.2. The van der Waals surface area contributed by atoms with Gasteiger partial charge < -0.3 is 18.8 Å². The second-order valence-electron chi connectivity index (χ2n) is 9.78. The normalized spacial score (nSPS) is 21.7. The Hall–Kier alpha value is -1.08.